The monoisotopic (exact) mass is 249 g/mol. The molecule has 1 N–H and O–H groups in total. The van der Waals surface area contributed by atoms with Gasteiger partial charge in [-0.1, -0.05) is 0 Å². The predicted molar refractivity (Wildman–Crippen MR) is 63.2 cm³/mol. The molecule has 0 amide bonds. The SMILES string of the molecule is c1c2c(cc3c1OCC[C@H]1NCCO[C@H]31)OCO2. The van der Waals surface area contributed by atoms with Crippen molar-refractivity contribution in [1.82, 2.24) is 5.32 Å². The average molecular weight is 249 g/mol. The third kappa shape index (κ3) is 1.54. The van der Waals surface area contributed by atoms with Crippen LogP contribution < -0.4 is 19.5 Å². The van der Waals surface area contributed by atoms with Crippen LogP contribution in [0.3, 0.4) is 0 Å². The zero-order chi connectivity index (χ0) is 11.9. The molecule has 0 unspecified atom stereocenters. The second kappa shape index (κ2) is 4.03. The van der Waals surface area contributed by atoms with Gasteiger partial charge in [-0.15, -0.1) is 0 Å². The molecule has 3 aliphatic rings. The standard InChI is InChI=1S/C13H15NO4/c1-3-15-10-6-12-11(17-7-18-12)5-8(10)13-9(1)14-2-4-16-13/h5-6,9,13-14H,1-4,7H2/t9-,13-/m1/s1. The van der Waals surface area contributed by atoms with Crippen molar-refractivity contribution in [3.8, 4) is 17.2 Å². The fraction of sp³-hybridized carbons (Fsp3) is 0.538. The van der Waals surface area contributed by atoms with E-state index in [4.69, 9.17) is 18.9 Å². The average Bonchev–Trinajstić information content (AvgIpc) is 2.78. The van der Waals surface area contributed by atoms with Gasteiger partial charge in [-0.25, -0.2) is 0 Å². The summed E-state index contributed by atoms with van der Waals surface area (Å²) in [5.41, 5.74) is 1.06. The van der Waals surface area contributed by atoms with Crippen LogP contribution in [-0.2, 0) is 4.74 Å². The third-order valence-electron chi connectivity index (χ3n) is 3.67. The van der Waals surface area contributed by atoms with Gasteiger partial charge in [0.25, 0.3) is 0 Å². The lowest BCUT2D eigenvalue weighted by molar-refractivity contribution is -0.00593. The molecule has 3 heterocycles. The molecule has 3 aliphatic heterocycles. The van der Waals surface area contributed by atoms with E-state index in [-0.39, 0.29) is 12.9 Å². The normalized spacial score (nSPS) is 28.9. The van der Waals surface area contributed by atoms with Crippen LogP contribution in [0.2, 0.25) is 0 Å². The molecule has 4 rings (SSSR count). The summed E-state index contributed by atoms with van der Waals surface area (Å²) in [4.78, 5) is 0. The Labute approximate surface area is 105 Å². The molecular weight excluding hydrogens is 234 g/mol. The van der Waals surface area contributed by atoms with E-state index < -0.39 is 0 Å². The second-order valence-corrected chi connectivity index (χ2v) is 4.73. The van der Waals surface area contributed by atoms with Gasteiger partial charge in [0.1, 0.15) is 11.9 Å². The lowest BCUT2D eigenvalue weighted by Gasteiger charge is -2.31. The summed E-state index contributed by atoms with van der Waals surface area (Å²) in [6.07, 6.45) is 0.997. The lowest BCUT2D eigenvalue weighted by atomic mass is 9.98. The molecule has 5 nitrogen and oxygen atoms in total. The summed E-state index contributed by atoms with van der Waals surface area (Å²) in [7, 11) is 0. The second-order valence-electron chi connectivity index (χ2n) is 4.73. The van der Waals surface area contributed by atoms with Gasteiger partial charge >= 0.3 is 0 Å². The van der Waals surface area contributed by atoms with E-state index in [9.17, 15) is 0 Å². The van der Waals surface area contributed by atoms with E-state index in [0.29, 0.717) is 12.6 Å². The Hall–Kier alpha value is -1.46. The van der Waals surface area contributed by atoms with Crippen LogP contribution in [0.15, 0.2) is 12.1 Å². The summed E-state index contributed by atoms with van der Waals surface area (Å²) < 4.78 is 22.5. The molecule has 1 aromatic carbocycles. The van der Waals surface area contributed by atoms with Gasteiger partial charge in [0.2, 0.25) is 6.79 Å². The molecule has 0 aliphatic carbocycles. The molecule has 5 heteroatoms. The smallest absolute Gasteiger partial charge is 0.231 e. The molecule has 1 saturated heterocycles. The van der Waals surface area contributed by atoms with E-state index in [0.717, 1.165) is 42.4 Å². The van der Waals surface area contributed by atoms with Crippen LogP contribution in [0.25, 0.3) is 0 Å². The van der Waals surface area contributed by atoms with Crippen LogP contribution >= 0.6 is 0 Å². The van der Waals surface area contributed by atoms with Crippen molar-refractivity contribution < 1.29 is 18.9 Å². The Morgan fingerprint density at radius 2 is 1.89 bits per heavy atom. The zero-order valence-corrected chi connectivity index (χ0v) is 9.98. The van der Waals surface area contributed by atoms with Crippen molar-refractivity contribution in [2.75, 3.05) is 26.6 Å². The van der Waals surface area contributed by atoms with E-state index in [1.54, 1.807) is 0 Å². The van der Waals surface area contributed by atoms with Crippen molar-refractivity contribution in [3.05, 3.63) is 17.7 Å². The summed E-state index contributed by atoms with van der Waals surface area (Å²) in [6.45, 7) is 2.62. The predicted octanol–water partition coefficient (Wildman–Crippen LogP) is 1.23. The van der Waals surface area contributed by atoms with Gasteiger partial charge in [-0.3, -0.25) is 0 Å². The number of hydrogen-bond donors (Lipinski definition) is 1. The van der Waals surface area contributed by atoms with Crippen LogP contribution in [0.1, 0.15) is 18.1 Å². The van der Waals surface area contributed by atoms with Crippen molar-refractivity contribution in [2.24, 2.45) is 0 Å². The highest BCUT2D eigenvalue weighted by molar-refractivity contribution is 5.53. The molecular formula is C13H15NO4. The molecule has 1 fully saturated rings. The maximum atomic E-state index is 5.91. The largest absolute Gasteiger partial charge is 0.493 e. The quantitative estimate of drug-likeness (QED) is 0.749. The number of morpholine rings is 1. The summed E-state index contributed by atoms with van der Waals surface area (Å²) in [5, 5.41) is 3.49. The molecule has 96 valence electrons. The van der Waals surface area contributed by atoms with Gasteiger partial charge in [-0.05, 0) is 12.5 Å². The van der Waals surface area contributed by atoms with Gasteiger partial charge in [0.05, 0.1) is 13.2 Å². The van der Waals surface area contributed by atoms with Gasteiger partial charge in [-0.2, -0.15) is 0 Å². The highest BCUT2D eigenvalue weighted by atomic mass is 16.7. The van der Waals surface area contributed by atoms with Crippen LogP contribution in [-0.4, -0.2) is 32.6 Å². The van der Waals surface area contributed by atoms with Crippen molar-refractivity contribution in [2.45, 2.75) is 18.6 Å². The number of fused-ring (bicyclic) bond motifs is 4. The van der Waals surface area contributed by atoms with E-state index in [2.05, 4.69) is 5.32 Å². The lowest BCUT2D eigenvalue weighted by Crippen LogP contribution is -2.43. The molecule has 18 heavy (non-hydrogen) atoms. The van der Waals surface area contributed by atoms with E-state index in [1.807, 2.05) is 12.1 Å². The van der Waals surface area contributed by atoms with Gasteiger partial charge in [0, 0.05) is 24.2 Å². The molecule has 0 spiro atoms. The topological polar surface area (TPSA) is 49.0 Å². The minimum atomic E-state index is 0.0470. The number of benzene rings is 1. The Morgan fingerprint density at radius 1 is 1.00 bits per heavy atom. The number of ether oxygens (including phenoxy) is 4. The Kier molecular flexibility index (Phi) is 2.34. The van der Waals surface area contributed by atoms with Crippen molar-refractivity contribution in [3.63, 3.8) is 0 Å². The van der Waals surface area contributed by atoms with Crippen LogP contribution in [0.5, 0.6) is 17.2 Å². The summed E-state index contributed by atoms with van der Waals surface area (Å²) in [6, 6.07) is 4.23. The third-order valence-corrected chi connectivity index (χ3v) is 3.67. The minimum Gasteiger partial charge on any atom is -0.493 e. The molecule has 0 bridgehead atoms. The van der Waals surface area contributed by atoms with Crippen molar-refractivity contribution >= 4 is 0 Å². The van der Waals surface area contributed by atoms with Gasteiger partial charge < -0.3 is 24.3 Å². The highest BCUT2D eigenvalue weighted by Crippen LogP contribution is 2.44. The summed E-state index contributed by atoms with van der Waals surface area (Å²) >= 11 is 0. The molecule has 1 aromatic rings. The zero-order valence-electron chi connectivity index (χ0n) is 9.98. The van der Waals surface area contributed by atoms with E-state index >= 15 is 0 Å². The first kappa shape index (κ1) is 10.5. The molecule has 0 aromatic heterocycles. The maximum absolute atomic E-state index is 5.91. The molecule has 0 radical (unpaired) electrons. The molecule has 2 atom stereocenters. The van der Waals surface area contributed by atoms with Gasteiger partial charge in [0.15, 0.2) is 11.5 Å². The maximum Gasteiger partial charge on any atom is 0.231 e. The highest BCUT2D eigenvalue weighted by Gasteiger charge is 2.33. The summed E-state index contributed by atoms with van der Waals surface area (Å²) in [5.74, 6) is 2.40. The number of hydrogen-bond acceptors (Lipinski definition) is 5. The van der Waals surface area contributed by atoms with E-state index in [1.165, 1.54) is 0 Å². The first-order chi connectivity index (χ1) is 8.92. The van der Waals surface area contributed by atoms with Crippen molar-refractivity contribution in [1.29, 1.82) is 0 Å². The van der Waals surface area contributed by atoms with Crippen LogP contribution in [0, 0.1) is 0 Å². The minimum absolute atomic E-state index is 0.0470. The molecule has 0 saturated carbocycles. The van der Waals surface area contributed by atoms with Crippen LogP contribution in [0.4, 0.5) is 0 Å². The fourth-order valence-corrected chi connectivity index (χ4v) is 2.80. The number of nitrogens with one attached hydrogen (secondary N) is 1. The first-order valence-electron chi connectivity index (χ1n) is 6.33. The Bertz CT molecular complexity index is 476. The first-order valence-corrected chi connectivity index (χ1v) is 6.33. The Balaban J connectivity index is 1.79. The number of rotatable bonds is 0. The fourth-order valence-electron chi connectivity index (χ4n) is 2.80. The Morgan fingerprint density at radius 3 is 2.83 bits per heavy atom.